The van der Waals surface area contributed by atoms with Gasteiger partial charge in [0.15, 0.2) is 11.9 Å². The van der Waals surface area contributed by atoms with Crippen molar-refractivity contribution < 1.29 is 23.2 Å². The van der Waals surface area contributed by atoms with Crippen molar-refractivity contribution >= 4 is 17.6 Å². The van der Waals surface area contributed by atoms with E-state index in [0.717, 1.165) is 11.1 Å². The summed E-state index contributed by atoms with van der Waals surface area (Å²) in [6.45, 7) is 3.47. The SMILES string of the molecule is Cc1ccc(C(=O)O[C@@H](C)c2nnc(-c3ccccc3)o2)cc1NC(=O)c1ccco1. The fourth-order valence-electron chi connectivity index (χ4n) is 2.85. The summed E-state index contributed by atoms with van der Waals surface area (Å²) in [6, 6.07) is 17.4. The number of furan rings is 1. The van der Waals surface area contributed by atoms with Gasteiger partial charge in [-0.15, -0.1) is 10.2 Å². The minimum atomic E-state index is -0.750. The lowest BCUT2D eigenvalue weighted by Gasteiger charge is -2.12. The molecule has 8 nitrogen and oxygen atoms in total. The Hall–Kier alpha value is -4.20. The second-order valence-corrected chi connectivity index (χ2v) is 6.82. The highest BCUT2D eigenvalue weighted by atomic mass is 16.6. The van der Waals surface area contributed by atoms with Gasteiger partial charge in [0.05, 0.1) is 11.8 Å². The molecule has 1 N–H and O–H groups in total. The molecule has 4 rings (SSSR count). The predicted molar refractivity (Wildman–Crippen MR) is 111 cm³/mol. The summed E-state index contributed by atoms with van der Waals surface area (Å²) in [7, 11) is 0. The second kappa shape index (κ2) is 8.66. The number of hydrogen-bond donors (Lipinski definition) is 1. The Kier molecular flexibility index (Phi) is 5.61. The van der Waals surface area contributed by atoms with Gasteiger partial charge in [-0.3, -0.25) is 4.79 Å². The van der Waals surface area contributed by atoms with Crippen LogP contribution in [0.25, 0.3) is 11.5 Å². The van der Waals surface area contributed by atoms with Crippen LogP contribution in [-0.2, 0) is 4.74 Å². The van der Waals surface area contributed by atoms with Crippen LogP contribution in [0.2, 0.25) is 0 Å². The van der Waals surface area contributed by atoms with E-state index in [0.29, 0.717) is 11.6 Å². The summed E-state index contributed by atoms with van der Waals surface area (Å²) in [6.07, 6.45) is 0.664. The third-order valence-corrected chi connectivity index (χ3v) is 4.56. The first-order valence-corrected chi connectivity index (χ1v) is 9.56. The Morgan fingerprint density at radius 1 is 1.03 bits per heavy atom. The van der Waals surface area contributed by atoms with Crippen molar-refractivity contribution in [2.75, 3.05) is 5.32 Å². The average Bonchev–Trinajstić information content (AvgIpc) is 3.48. The lowest BCUT2D eigenvalue weighted by atomic mass is 10.1. The van der Waals surface area contributed by atoms with Crippen LogP contribution in [-0.4, -0.2) is 22.1 Å². The first-order valence-electron chi connectivity index (χ1n) is 9.56. The molecular formula is C23H19N3O5. The number of aromatic nitrogens is 2. The van der Waals surface area contributed by atoms with E-state index in [2.05, 4.69) is 15.5 Å². The largest absolute Gasteiger partial charge is 0.459 e. The van der Waals surface area contributed by atoms with Crippen LogP contribution in [0.3, 0.4) is 0 Å². The number of amides is 1. The zero-order valence-electron chi connectivity index (χ0n) is 16.9. The van der Waals surface area contributed by atoms with E-state index in [1.807, 2.05) is 37.3 Å². The van der Waals surface area contributed by atoms with Gasteiger partial charge in [0.1, 0.15) is 0 Å². The van der Waals surface area contributed by atoms with Gasteiger partial charge in [0.25, 0.3) is 11.8 Å². The third-order valence-electron chi connectivity index (χ3n) is 4.56. The molecule has 0 saturated heterocycles. The molecule has 2 aromatic carbocycles. The maximum atomic E-state index is 12.6. The smallest absolute Gasteiger partial charge is 0.338 e. The molecule has 31 heavy (non-hydrogen) atoms. The van der Waals surface area contributed by atoms with Gasteiger partial charge in [-0.05, 0) is 55.8 Å². The fraction of sp³-hybridized carbons (Fsp3) is 0.130. The normalized spacial score (nSPS) is 11.7. The summed E-state index contributed by atoms with van der Waals surface area (Å²) in [5, 5.41) is 10.7. The minimum Gasteiger partial charge on any atom is -0.459 e. The number of hydrogen-bond acceptors (Lipinski definition) is 7. The standard InChI is InChI=1S/C23H19N3O5/c1-14-10-11-17(13-18(14)24-20(27)19-9-6-12-29-19)23(28)30-15(2)21-25-26-22(31-21)16-7-4-3-5-8-16/h3-13,15H,1-2H3,(H,24,27)/t15-/m0/s1. The number of nitrogens with one attached hydrogen (secondary N) is 1. The number of nitrogens with zero attached hydrogens (tertiary/aromatic N) is 2. The zero-order chi connectivity index (χ0) is 21.8. The molecule has 0 aliphatic rings. The van der Waals surface area contributed by atoms with E-state index >= 15 is 0 Å². The van der Waals surface area contributed by atoms with Crippen LogP contribution >= 0.6 is 0 Å². The number of ether oxygens (including phenoxy) is 1. The number of esters is 1. The van der Waals surface area contributed by atoms with Crippen LogP contribution in [0.4, 0.5) is 5.69 Å². The molecule has 1 amide bonds. The summed E-state index contributed by atoms with van der Waals surface area (Å²) in [4.78, 5) is 24.9. The van der Waals surface area contributed by atoms with Gasteiger partial charge in [0, 0.05) is 11.3 Å². The van der Waals surface area contributed by atoms with Gasteiger partial charge in [-0.1, -0.05) is 24.3 Å². The molecule has 0 fully saturated rings. The Bertz CT molecular complexity index is 1200. The second-order valence-electron chi connectivity index (χ2n) is 6.82. The molecule has 156 valence electrons. The van der Waals surface area contributed by atoms with Crippen molar-refractivity contribution in [1.82, 2.24) is 10.2 Å². The molecule has 0 aliphatic heterocycles. The van der Waals surface area contributed by atoms with E-state index in [1.165, 1.54) is 6.26 Å². The van der Waals surface area contributed by atoms with Gasteiger partial charge < -0.3 is 18.9 Å². The Labute approximate surface area is 177 Å². The van der Waals surface area contributed by atoms with Crippen LogP contribution in [0, 0.1) is 6.92 Å². The number of carbonyl (C=O) groups excluding carboxylic acids is 2. The van der Waals surface area contributed by atoms with E-state index in [4.69, 9.17) is 13.6 Å². The topological polar surface area (TPSA) is 107 Å². The average molecular weight is 417 g/mol. The van der Waals surface area contributed by atoms with Crippen LogP contribution in [0.15, 0.2) is 75.8 Å². The number of rotatable bonds is 6. The van der Waals surface area contributed by atoms with Crippen molar-refractivity contribution in [2.45, 2.75) is 20.0 Å². The van der Waals surface area contributed by atoms with E-state index < -0.39 is 18.0 Å². The molecule has 2 heterocycles. The fourth-order valence-corrected chi connectivity index (χ4v) is 2.85. The molecular weight excluding hydrogens is 398 g/mol. The molecule has 0 spiro atoms. The highest BCUT2D eigenvalue weighted by Crippen LogP contribution is 2.24. The highest BCUT2D eigenvalue weighted by Gasteiger charge is 2.21. The van der Waals surface area contributed by atoms with Gasteiger partial charge >= 0.3 is 5.97 Å². The maximum Gasteiger partial charge on any atom is 0.338 e. The van der Waals surface area contributed by atoms with Crippen LogP contribution < -0.4 is 5.32 Å². The molecule has 0 aliphatic carbocycles. The molecule has 0 unspecified atom stereocenters. The Balaban J connectivity index is 1.46. The predicted octanol–water partition coefficient (Wildman–Crippen LogP) is 4.81. The minimum absolute atomic E-state index is 0.173. The third kappa shape index (κ3) is 4.53. The highest BCUT2D eigenvalue weighted by molar-refractivity contribution is 6.03. The van der Waals surface area contributed by atoms with Crippen molar-refractivity contribution in [3.8, 4) is 11.5 Å². The Morgan fingerprint density at radius 2 is 1.84 bits per heavy atom. The van der Waals surface area contributed by atoms with Crippen molar-refractivity contribution in [3.05, 3.63) is 89.7 Å². The maximum absolute atomic E-state index is 12.6. The van der Waals surface area contributed by atoms with E-state index in [9.17, 15) is 9.59 Å². The van der Waals surface area contributed by atoms with Crippen LogP contribution in [0.5, 0.6) is 0 Å². The molecule has 4 aromatic rings. The zero-order valence-corrected chi connectivity index (χ0v) is 16.9. The van der Waals surface area contributed by atoms with E-state index in [1.54, 1.807) is 37.3 Å². The molecule has 0 radical (unpaired) electrons. The lowest BCUT2D eigenvalue weighted by molar-refractivity contribution is 0.0280. The van der Waals surface area contributed by atoms with Crippen LogP contribution in [0.1, 0.15) is 45.4 Å². The Morgan fingerprint density at radius 3 is 2.58 bits per heavy atom. The van der Waals surface area contributed by atoms with Crippen molar-refractivity contribution in [1.29, 1.82) is 0 Å². The number of carbonyl (C=O) groups is 2. The summed E-state index contributed by atoms with van der Waals surface area (Å²) >= 11 is 0. The van der Waals surface area contributed by atoms with Crippen molar-refractivity contribution in [3.63, 3.8) is 0 Å². The monoisotopic (exact) mass is 417 g/mol. The van der Waals surface area contributed by atoms with Gasteiger partial charge in [-0.25, -0.2) is 4.79 Å². The first kappa shape index (κ1) is 20.1. The number of aryl methyl sites for hydroxylation is 1. The quantitative estimate of drug-likeness (QED) is 0.449. The molecule has 0 saturated carbocycles. The van der Waals surface area contributed by atoms with Gasteiger partial charge in [-0.2, -0.15) is 0 Å². The molecule has 1 atom stereocenters. The molecule has 0 bridgehead atoms. The van der Waals surface area contributed by atoms with Crippen molar-refractivity contribution in [2.24, 2.45) is 0 Å². The summed E-state index contributed by atoms with van der Waals surface area (Å²) < 4.78 is 16.2. The molecule has 8 heteroatoms. The van der Waals surface area contributed by atoms with Gasteiger partial charge in [0.2, 0.25) is 5.89 Å². The molecule has 2 aromatic heterocycles. The number of benzene rings is 2. The number of anilines is 1. The van der Waals surface area contributed by atoms with E-state index in [-0.39, 0.29) is 17.2 Å². The first-order chi connectivity index (χ1) is 15.0. The summed E-state index contributed by atoms with van der Waals surface area (Å²) in [5.41, 5.74) is 2.31. The summed E-state index contributed by atoms with van der Waals surface area (Å²) in [5.74, 6) is -0.291. The lowest BCUT2D eigenvalue weighted by Crippen LogP contribution is -2.14.